The number of methoxy groups -OCH3 is 2. The number of ether oxygens (including phenoxy) is 3. The lowest BCUT2D eigenvalue weighted by molar-refractivity contribution is -0.0588. The van der Waals surface area contributed by atoms with Crippen LogP contribution in [0, 0.1) is 5.41 Å². The Balaban J connectivity index is 2.37. The third-order valence-corrected chi connectivity index (χ3v) is 4.21. The molecular formula is C15H23NO4. The van der Waals surface area contributed by atoms with Gasteiger partial charge in [0.2, 0.25) is 0 Å². The number of aliphatic hydroxyl groups is 1. The van der Waals surface area contributed by atoms with Gasteiger partial charge >= 0.3 is 0 Å². The molecule has 5 nitrogen and oxygen atoms in total. The summed E-state index contributed by atoms with van der Waals surface area (Å²) in [5.74, 6) is 1.34. The second-order valence-corrected chi connectivity index (χ2v) is 5.19. The molecule has 0 spiro atoms. The van der Waals surface area contributed by atoms with Crippen molar-refractivity contribution in [2.24, 2.45) is 11.1 Å². The molecule has 1 aliphatic heterocycles. The molecule has 112 valence electrons. The Morgan fingerprint density at radius 2 is 2.00 bits per heavy atom. The van der Waals surface area contributed by atoms with Crippen molar-refractivity contribution in [3.63, 3.8) is 0 Å². The Kier molecular flexibility index (Phi) is 4.86. The van der Waals surface area contributed by atoms with Crippen molar-refractivity contribution in [2.75, 3.05) is 34.0 Å². The fourth-order valence-electron chi connectivity index (χ4n) is 2.75. The molecule has 0 amide bonds. The molecule has 0 bridgehead atoms. The highest BCUT2D eigenvalue weighted by Crippen LogP contribution is 2.45. The Morgan fingerprint density at radius 1 is 1.30 bits per heavy atom. The summed E-state index contributed by atoms with van der Waals surface area (Å²) < 4.78 is 16.0. The molecule has 1 unspecified atom stereocenters. The van der Waals surface area contributed by atoms with Gasteiger partial charge in [-0.1, -0.05) is 0 Å². The number of hydrogen-bond acceptors (Lipinski definition) is 5. The van der Waals surface area contributed by atoms with E-state index in [0.717, 1.165) is 18.4 Å². The van der Waals surface area contributed by atoms with Gasteiger partial charge in [-0.15, -0.1) is 0 Å². The molecular weight excluding hydrogens is 258 g/mol. The molecule has 0 radical (unpaired) electrons. The summed E-state index contributed by atoms with van der Waals surface area (Å²) >= 11 is 0. The topological polar surface area (TPSA) is 73.9 Å². The maximum absolute atomic E-state index is 10.9. The van der Waals surface area contributed by atoms with Crippen molar-refractivity contribution in [1.82, 2.24) is 0 Å². The van der Waals surface area contributed by atoms with Crippen molar-refractivity contribution >= 4 is 0 Å². The van der Waals surface area contributed by atoms with Crippen molar-refractivity contribution in [2.45, 2.75) is 18.9 Å². The minimum absolute atomic E-state index is 0.363. The average molecular weight is 281 g/mol. The van der Waals surface area contributed by atoms with Crippen molar-refractivity contribution in [3.05, 3.63) is 23.8 Å². The van der Waals surface area contributed by atoms with Crippen LogP contribution in [-0.4, -0.2) is 39.1 Å². The molecule has 5 heteroatoms. The molecule has 0 aromatic heterocycles. The third-order valence-electron chi connectivity index (χ3n) is 4.21. The Bertz CT molecular complexity index is 443. The van der Waals surface area contributed by atoms with Crippen LogP contribution in [0.1, 0.15) is 24.5 Å². The summed E-state index contributed by atoms with van der Waals surface area (Å²) in [5.41, 5.74) is 6.31. The van der Waals surface area contributed by atoms with Crippen LogP contribution in [0.5, 0.6) is 11.5 Å². The first-order valence-electron chi connectivity index (χ1n) is 6.84. The van der Waals surface area contributed by atoms with Crippen LogP contribution in [0.15, 0.2) is 18.2 Å². The number of nitrogens with two attached hydrogens (primary N) is 1. The van der Waals surface area contributed by atoms with Crippen LogP contribution in [0.2, 0.25) is 0 Å². The molecule has 1 aromatic carbocycles. The summed E-state index contributed by atoms with van der Waals surface area (Å²) in [6.07, 6.45) is 0.789. The maximum atomic E-state index is 10.9. The fourth-order valence-corrected chi connectivity index (χ4v) is 2.75. The predicted molar refractivity (Wildman–Crippen MR) is 76.0 cm³/mol. The zero-order valence-electron chi connectivity index (χ0n) is 12.1. The molecule has 3 N–H and O–H groups in total. The van der Waals surface area contributed by atoms with E-state index in [1.165, 1.54) is 0 Å². The van der Waals surface area contributed by atoms with Gasteiger partial charge in [-0.05, 0) is 31.0 Å². The minimum Gasteiger partial charge on any atom is -0.497 e. The van der Waals surface area contributed by atoms with Crippen LogP contribution < -0.4 is 15.2 Å². The molecule has 1 aromatic rings. The highest BCUT2D eigenvalue weighted by atomic mass is 16.5. The molecule has 1 atom stereocenters. The zero-order valence-corrected chi connectivity index (χ0v) is 12.1. The first-order valence-corrected chi connectivity index (χ1v) is 6.84. The summed E-state index contributed by atoms with van der Waals surface area (Å²) in [6, 6.07) is 5.44. The largest absolute Gasteiger partial charge is 0.497 e. The second kappa shape index (κ2) is 6.43. The smallest absolute Gasteiger partial charge is 0.124 e. The van der Waals surface area contributed by atoms with Gasteiger partial charge in [0, 0.05) is 30.7 Å². The van der Waals surface area contributed by atoms with E-state index in [4.69, 9.17) is 19.9 Å². The highest BCUT2D eigenvalue weighted by Gasteiger charge is 2.40. The maximum Gasteiger partial charge on any atom is 0.124 e. The van der Waals surface area contributed by atoms with Crippen LogP contribution >= 0.6 is 0 Å². The van der Waals surface area contributed by atoms with E-state index >= 15 is 0 Å². The van der Waals surface area contributed by atoms with Crippen LogP contribution in [-0.2, 0) is 4.74 Å². The van der Waals surface area contributed by atoms with E-state index in [9.17, 15) is 5.11 Å². The van der Waals surface area contributed by atoms with E-state index in [2.05, 4.69) is 0 Å². The molecule has 1 aliphatic rings. The average Bonchev–Trinajstić information content (AvgIpc) is 2.54. The standard InChI is InChI=1S/C15H23NO4/c1-18-11-3-4-13(19-2)12(9-11)14(17)15(10-16)5-7-20-8-6-15/h3-4,9,14,17H,5-8,10,16H2,1-2H3. The van der Waals surface area contributed by atoms with Gasteiger partial charge in [-0.3, -0.25) is 0 Å². The summed E-state index contributed by atoms with van der Waals surface area (Å²) in [4.78, 5) is 0. The highest BCUT2D eigenvalue weighted by molar-refractivity contribution is 5.42. The van der Waals surface area contributed by atoms with E-state index in [1.807, 2.05) is 12.1 Å². The minimum atomic E-state index is -0.693. The lowest BCUT2D eigenvalue weighted by Crippen LogP contribution is -2.41. The molecule has 2 rings (SSSR count). The summed E-state index contributed by atoms with van der Waals surface area (Å²) in [6.45, 7) is 1.67. The Hall–Kier alpha value is -1.30. The van der Waals surface area contributed by atoms with Gasteiger partial charge in [0.1, 0.15) is 11.5 Å². The van der Waals surface area contributed by atoms with Crippen molar-refractivity contribution in [3.8, 4) is 11.5 Å². The van der Waals surface area contributed by atoms with Crippen molar-refractivity contribution < 1.29 is 19.3 Å². The van der Waals surface area contributed by atoms with E-state index < -0.39 is 6.10 Å². The SMILES string of the molecule is COc1ccc(OC)c(C(O)C2(CN)CCOCC2)c1. The Morgan fingerprint density at radius 3 is 2.55 bits per heavy atom. The molecule has 0 saturated carbocycles. The fraction of sp³-hybridized carbons (Fsp3) is 0.600. The van der Waals surface area contributed by atoms with Gasteiger partial charge in [0.15, 0.2) is 0 Å². The summed E-state index contributed by atoms with van der Waals surface area (Å²) in [7, 11) is 3.20. The predicted octanol–water partition coefficient (Wildman–Crippen LogP) is 1.49. The van der Waals surface area contributed by atoms with Crippen LogP contribution in [0.25, 0.3) is 0 Å². The van der Waals surface area contributed by atoms with Crippen molar-refractivity contribution in [1.29, 1.82) is 0 Å². The number of rotatable bonds is 5. The summed E-state index contributed by atoms with van der Waals surface area (Å²) in [5, 5.41) is 10.9. The number of hydrogen-bond donors (Lipinski definition) is 2. The first-order chi connectivity index (χ1) is 9.66. The third kappa shape index (κ3) is 2.75. The number of aliphatic hydroxyl groups excluding tert-OH is 1. The van der Waals surface area contributed by atoms with Gasteiger partial charge < -0.3 is 25.1 Å². The lowest BCUT2D eigenvalue weighted by Gasteiger charge is -2.40. The van der Waals surface area contributed by atoms with Gasteiger partial charge in [-0.2, -0.15) is 0 Å². The van der Waals surface area contributed by atoms with Gasteiger partial charge in [-0.25, -0.2) is 0 Å². The molecule has 1 fully saturated rings. The number of benzene rings is 1. The Labute approximate surface area is 119 Å². The normalized spacial score (nSPS) is 19.4. The lowest BCUT2D eigenvalue weighted by atomic mass is 9.73. The quantitative estimate of drug-likeness (QED) is 0.855. The van der Waals surface area contributed by atoms with Crippen LogP contribution in [0.3, 0.4) is 0 Å². The molecule has 1 saturated heterocycles. The van der Waals surface area contributed by atoms with Crippen LogP contribution in [0.4, 0.5) is 0 Å². The monoisotopic (exact) mass is 281 g/mol. The van der Waals surface area contributed by atoms with E-state index in [0.29, 0.717) is 31.3 Å². The van der Waals surface area contributed by atoms with Gasteiger partial charge in [0.25, 0.3) is 0 Å². The second-order valence-electron chi connectivity index (χ2n) is 5.19. The first kappa shape index (κ1) is 15.1. The molecule has 0 aliphatic carbocycles. The zero-order chi connectivity index (χ0) is 14.6. The van der Waals surface area contributed by atoms with E-state index in [-0.39, 0.29) is 5.41 Å². The molecule has 1 heterocycles. The van der Waals surface area contributed by atoms with E-state index in [1.54, 1.807) is 20.3 Å². The van der Waals surface area contributed by atoms with Gasteiger partial charge in [0.05, 0.1) is 20.3 Å². The molecule has 20 heavy (non-hydrogen) atoms.